The van der Waals surface area contributed by atoms with Crippen LogP contribution in [0.1, 0.15) is 17.0 Å². The summed E-state index contributed by atoms with van der Waals surface area (Å²) in [6.45, 7) is 1.10. The Morgan fingerprint density at radius 2 is 1.81 bits per heavy atom. The van der Waals surface area contributed by atoms with Gasteiger partial charge in [-0.15, -0.1) is 0 Å². The second-order valence-electron chi connectivity index (χ2n) is 4.57. The first-order chi connectivity index (χ1) is 7.65. The number of nitrogens with zero attached hydrogens (tertiary/aromatic N) is 1. The first-order valence-corrected chi connectivity index (χ1v) is 5.55. The molecule has 1 aromatic carbocycles. The van der Waals surface area contributed by atoms with Crippen LogP contribution in [0.3, 0.4) is 0 Å². The van der Waals surface area contributed by atoms with Gasteiger partial charge in [-0.05, 0) is 43.8 Å². The number of rotatable bonds is 4. The van der Waals surface area contributed by atoms with Crippen molar-refractivity contribution in [2.24, 2.45) is 0 Å². The number of hydrogen-bond acceptors (Lipinski definition) is 3. The third-order valence-electron chi connectivity index (χ3n) is 3.14. The van der Waals surface area contributed by atoms with Gasteiger partial charge < -0.3 is 14.4 Å². The fraction of sp³-hybridized carbons (Fsp3) is 0.538. The Morgan fingerprint density at radius 1 is 1.19 bits per heavy atom. The lowest BCUT2D eigenvalue weighted by molar-refractivity contribution is 0.339. The van der Waals surface area contributed by atoms with E-state index in [-0.39, 0.29) is 0 Å². The summed E-state index contributed by atoms with van der Waals surface area (Å²) >= 11 is 0. The van der Waals surface area contributed by atoms with Crippen LogP contribution in [0.25, 0.3) is 0 Å². The zero-order chi connectivity index (χ0) is 11.7. The Hall–Kier alpha value is -1.22. The number of methoxy groups -OCH3 is 2. The van der Waals surface area contributed by atoms with Crippen LogP contribution in [0.5, 0.6) is 11.5 Å². The fourth-order valence-electron chi connectivity index (χ4n) is 2.34. The van der Waals surface area contributed by atoms with Gasteiger partial charge in [-0.25, -0.2) is 0 Å². The average Bonchev–Trinajstić information content (AvgIpc) is 2.25. The molecule has 1 atom stereocenters. The van der Waals surface area contributed by atoms with Crippen LogP contribution in [0.2, 0.25) is 0 Å². The molecule has 0 radical (unpaired) electrons. The third kappa shape index (κ3) is 1.87. The Balaban J connectivity index is 2.24. The van der Waals surface area contributed by atoms with Crippen molar-refractivity contribution in [3.05, 3.63) is 23.3 Å². The highest BCUT2D eigenvalue weighted by Gasteiger charge is 2.28. The van der Waals surface area contributed by atoms with Crippen molar-refractivity contribution < 1.29 is 9.47 Å². The molecule has 1 aliphatic rings. The molecule has 0 heterocycles. The fourth-order valence-corrected chi connectivity index (χ4v) is 2.34. The molecule has 1 aliphatic carbocycles. The lowest BCUT2D eigenvalue weighted by atomic mass is 9.77. The van der Waals surface area contributed by atoms with Crippen LogP contribution in [0.15, 0.2) is 12.1 Å². The molecule has 0 saturated heterocycles. The molecule has 0 N–H and O–H groups in total. The normalized spacial score (nSPS) is 17.9. The van der Waals surface area contributed by atoms with Crippen molar-refractivity contribution in [1.82, 2.24) is 4.90 Å². The van der Waals surface area contributed by atoms with Crippen LogP contribution in [-0.2, 0) is 6.42 Å². The molecule has 0 saturated carbocycles. The Labute approximate surface area is 97.0 Å². The van der Waals surface area contributed by atoms with Gasteiger partial charge in [0.05, 0.1) is 14.2 Å². The molecular weight excluding hydrogens is 202 g/mol. The van der Waals surface area contributed by atoms with Gasteiger partial charge in [0.25, 0.3) is 0 Å². The SMILES string of the molecule is COc1cc2c(cc1OC)[C@@H](CN(C)C)C2. The molecule has 0 unspecified atom stereocenters. The summed E-state index contributed by atoms with van der Waals surface area (Å²) < 4.78 is 10.6. The molecule has 0 fully saturated rings. The molecule has 0 aliphatic heterocycles. The molecule has 88 valence electrons. The topological polar surface area (TPSA) is 21.7 Å². The van der Waals surface area contributed by atoms with E-state index in [2.05, 4.69) is 31.1 Å². The quantitative estimate of drug-likeness (QED) is 0.775. The molecular formula is C13H19NO2. The predicted octanol–water partition coefficient (Wildman–Crippen LogP) is 1.91. The second-order valence-corrected chi connectivity index (χ2v) is 4.57. The van der Waals surface area contributed by atoms with Gasteiger partial charge >= 0.3 is 0 Å². The maximum absolute atomic E-state index is 5.32. The molecule has 0 aromatic heterocycles. The molecule has 3 nitrogen and oxygen atoms in total. The van der Waals surface area contributed by atoms with Crippen molar-refractivity contribution in [2.75, 3.05) is 34.9 Å². The maximum atomic E-state index is 5.32. The molecule has 0 bridgehead atoms. The number of hydrogen-bond donors (Lipinski definition) is 0. The molecule has 1 aromatic rings. The minimum atomic E-state index is 0.643. The minimum absolute atomic E-state index is 0.643. The van der Waals surface area contributed by atoms with E-state index in [4.69, 9.17) is 9.47 Å². The minimum Gasteiger partial charge on any atom is -0.493 e. The molecule has 16 heavy (non-hydrogen) atoms. The van der Waals surface area contributed by atoms with E-state index in [9.17, 15) is 0 Å². The Morgan fingerprint density at radius 3 is 2.38 bits per heavy atom. The number of ether oxygens (including phenoxy) is 2. The molecule has 0 spiro atoms. The number of fused-ring (bicyclic) bond motifs is 1. The van der Waals surface area contributed by atoms with E-state index in [1.807, 2.05) is 0 Å². The van der Waals surface area contributed by atoms with Crippen LogP contribution in [0.4, 0.5) is 0 Å². The van der Waals surface area contributed by atoms with Crippen LogP contribution in [-0.4, -0.2) is 39.8 Å². The number of likely N-dealkylation sites (N-methyl/N-ethyl adjacent to an activating group) is 1. The van der Waals surface area contributed by atoms with E-state index < -0.39 is 0 Å². The van der Waals surface area contributed by atoms with Gasteiger partial charge in [-0.1, -0.05) is 0 Å². The van der Waals surface area contributed by atoms with E-state index >= 15 is 0 Å². The highest BCUT2D eigenvalue weighted by atomic mass is 16.5. The summed E-state index contributed by atoms with van der Waals surface area (Å²) in [6.07, 6.45) is 1.15. The first-order valence-electron chi connectivity index (χ1n) is 5.55. The maximum Gasteiger partial charge on any atom is 0.161 e. The van der Waals surface area contributed by atoms with E-state index in [1.54, 1.807) is 14.2 Å². The van der Waals surface area contributed by atoms with Crippen molar-refractivity contribution in [3.8, 4) is 11.5 Å². The lowest BCUT2D eigenvalue weighted by Gasteiger charge is -2.33. The summed E-state index contributed by atoms with van der Waals surface area (Å²) in [5, 5.41) is 0. The van der Waals surface area contributed by atoms with Gasteiger partial charge in [-0.2, -0.15) is 0 Å². The Kier molecular flexibility index (Phi) is 3.06. The van der Waals surface area contributed by atoms with Gasteiger partial charge in [0.1, 0.15) is 0 Å². The summed E-state index contributed by atoms with van der Waals surface area (Å²) in [6, 6.07) is 4.21. The third-order valence-corrected chi connectivity index (χ3v) is 3.14. The summed E-state index contributed by atoms with van der Waals surface area (Å²) in [4.78, 5) is 2.23. The highest BCUT2D eigenvalue weighted by Crippen LogP contribution is 2.42. The van der Waals surface area contributed by atoms with Crippen molar-refractivity contribution in [3.63, 3.8) is 0 Å². The monoisotopic (exact) mass is 221 g/mol. The first kappa shape index (κ1) is 11.3. The van der Waals surface area contributed by atoms with Crippen molar-refractivity contribution in [2.45, 2.75) is 12.3 Å². The van der Waals surface area contributed by atoms with Crippen molar-refractivity contribution in [1.29, 1.82) is 0 Å². The zero-order valence-electron chi connectivity index (χ0n) is 10.4. The molecule has 2 rings (SSSR count). The van der Waals surface area contributed by atoms with Crippen LogP contribution >= 0.6 is 0 Å². The van der Waals surface area contributed by atoms with Crippen LogP contribution < -0.4 is 9.47 Å². The summed E-state index contributed by atoms with van der Waals surface area (Å²) in [7, 11) is 7.58. The summed E-state index contributed by atoms with van der Waals surface area (Å²) in [5.74, 6) is 2.32. The average molecular weight is 221 g/mol. The van der Waals surface area contributed by atoms with E-state index in [0.29, 0.717) is 5.92 Å². The Bertz CT molecular complexity index is 388. The van der Waals surface area contributed by atoms with Gasteiger partial charge in [0, 0.05) is 12.5 Å². The second kappa shape index (κ2) is 4.34. The zero-order valence-corrected chi connectivity index (χ0v) is 10.4. The van der Waals surface area contributed by atoms with E-state index in [1.165, 1.54) is 11.1 Å². The molecule has 0 amide bonds. The smallest absolute Gasteiger partial charge is 0.161 e. The van der Waals surface area contributed by atoms with E-state index in [0.717, 1.165) is 24.5 Å². The van der Waals surface area contributed by atoms with Gasteiger partial charge in [0.15, 0.2) is 11.5 Å². The number of benzene rings is 1. The lowest BCUT2D eigenvalue weighted by Crippen LogP contribution is -2.28. The van der Waals surface area contributed by atoms with Crippen LogP contribution in [0, 0.1) is 0 Å². The standard InChI is InChI=1S/C13H19NO2/c1-14(2)8-10-5-9-6-12(15-3)13(16-4)7-11(9)10/h6-7,10H,5,8H2,1-4H3/t10-/m1/s1. The van der Waals surface area contributed by atoms with Gasteiger partial charge in [0.2, 0.25) is 0 Å². The summed E-state index contributed by atoms with van der Waals surface area (Å²) in [5.41, 5.74) is 2.80. The highest BCUT2D eigenvalue weighted by molar-refractivity contribution is 5.53. The van der Waals surface area contributed by atoms with Crippen molar-refractivity contribution >= 4 is 0 Å². The largest absolute Gasteiger partial charge is 0.493 e. The van der Waals surface area contributed by atoms with Gasteiger partial charge in [-0.3, -0.25) is 0 Å². The predicted molar refractivity (Wildman–Crippen MR) is 64.5 cm³/mol. The molecule has 3 heteroatoms.